The van der Waals surface area contributed by atoms with E-state index in [4.69, 9.17) is 0 Å². The Balaban J connectivity index is 3.15. The summed E-state index contributed by atoms with van der Waals surface area (Å²) < 4.78 is 0. The Hall–Kier alpha value is -1.75. The van der Waals surface area contributed by atoms with Crippen molar-refractivity contribution in [2.24, 2.45) is 0 Å². The van der Waals surface area contributed by atoms with Crippen LogP contribution in [-0.4, -0.2) is 38.8 Å². The first-order valence-electron chi connectivity index (χ1n) is 5.66. The fraction of sp³-hybridized carbons (Fsp3) is 0.462. The number of aliphatic carboxylic acids is 1. The largest absolute Gasteiger partial charge is 0.507 e. The lowest BCUT2D eigenvalue weighted by atomic mass is 9.97. The van der Waals surface area contributed by atoms with Gasteiger partial charge in [-0.25, -0.2) is 0 Å². The van der Waals surface area contributed by atoms with Crippen LogP contribution in [0.1, 0.15) is 32.4 Å². The smallest absolute Gasteiger partial charge is 0.323 e. The molecule has 5 heteroatoms. The molecule has 0 saturated heterocycles. The Kier molecular flexibility index (Phi) is 3.86. The minimum absolute atomic E-state index is 0.0458. The Morgan fingerprint density at radius 2 is 1.72 bits per heavy atom. The van der Waals surface area contributed by atoms with Crippen molar-refractivity contribution < 1.29 is 20.1 Å². The minimum atomic E-state index is -1.10. The average Bonchev–Trinajstić information content (AvgIpc) is 2.27. The number of carboxylic acids is 1. The maximum absolute atomic E-state index is 11.2. The van der Waals surface area contributed by atoms with Crippen molar-refractivity contribution >= 4 is 5.97 Å². The quantitative estimate of drug-likeness (QED) is 0.764. The fourth-order valence-corrected chi connectivity index (χ4v) is 1.80. The lowest BCUT2D eigenvalue weighted by Crippen LogP contribution is -2.48. The van der Waals surface area contributed by atoms with Crippen molar-refractivity contribution in [3.05, 3.63) is 23.8 Å². The summed E-state index contributed by atoms with van der Waals surface area (Å²) in [6, 6.07) is 4.03. The molecule has 5 nitrogen and oxygen atoms in total. The van der Waals surface area contributed by atoms with Crippen LogP contribution in [0.5, 0.6) is 11.5 Å². The maximum Gasteiger partial charge on any atom is 0.323 e. The van der Waals surface area contributed by atoms with Gasteiger partial charge in [0.2, 0.25) is 0 Å². The molecular formula is C13H19NO4. The summed E-state index contributed by atoms with van der Waals surface area (Å²) in [5.41, 5.74) is -0.775. The van der Waals surface area contributed by atoms with E-state index in [1.54, 1.807) is 32.7 Å². The van der Waals surface area contributed by atoms with Gasteiger partial charge in [0.05, 0.1) is 5.56 Å². The summed E-state index contributed by atoms with van der Waals surface area (Å²) in [5.74, 6) is -1.06. The molecule has 0 radical (unpaired) electrons. The number of benzene rings is 1. The Morgan fingerprint density at radius 3 is 2.11 bits per heavy atom. The molecule has 0 heterocycles. The summed E-state index contributed by atoms with van der Waals surface area (Å²) in [5, 5.41) is 28.7. The van der Waals surface area contributed by atoms with Crippen LogP contribution in [0.2, 0.25) is 0 Å². The molecule has 0 aliphatic carbocycles. The van der Waals surface area contributed by atoms with Gasteiger partial charge in [-0.15, -0.1) is 0 Å². The van der Waals surface area contributed by atoms with Gasteiger partial charge < -0.3 is 15.3 Å². The van der Waals surface area contributed by atoms with E-state index >= 15 is 0 Å². The molecule has 0 spiro atoms. The van der Waals surface area contributed by atoms with Crippen LogP contribution >= 0.6 is 0 Å². The summed E-state index contributed by atoms with van der Waals surface area (Å²) in [6.45, 7) is 4.88. The lowest BCUT2D eigenvalue weighted by molar-refractivity contribution is -0.149. The third-order valence-electron chi connectivity index (χ3n) is 3.46. The Morgan fingerprint density at radius 1 is 1.28 bits per heavy atom. The van der Waals surface area contributed by atoms with E-state index in [9.17, 15) is 20.1 Å². The highest BCUT2D eigenvalue weighted by Gasteiger charge is 2.36. The van der Waals surface area contributed by atoms with Gasteiger partial charge in [0.25, 0.3) is 0 Å². The molecule has 0 aliphatic rings. The van der Waals surface area contributed by atoms with Crippen LogP contribution in [0.4, 0.5) is 0 Å². The standard InChI is InChI=1S/C13H19NO4/c1-8(14(4)13(2,3)12(17)18)11-9(15)6-5-7-10(11)16/h5-8,15-16H,1-4H3,(H,17,18). The number of hydrogen-bond acceptors (Lipinski definition) is 4. The van der Waals surface area contributed by atoms with Crippen molar-refractivity contribution in [3.8, 4) is 11.5 Å². The summed E-state index contributed by atoms with van der Waals surface area (Å²) in [7, 11) is 1.64. The summed E-state index contributed by atoms with van der Waals surface area (Å²) >= 11 is 0. The normalized spacial score (nSPS) is 13.6. The SMILES string of the molecule is CC(c1c(O)cccc1O)N(C)C(C)(C)C(=O)O. The summed E-state index contributed by atoms with van der Waals surface area (Å²) in [4.78, 5) is 12.8. The predicted molar refractivity (Wildman–Crippen MR) is 67.7 cm³/mol. The van der Waals surface area contributed by atoms with Crippen molar-refractivity contribution in [1.82, 2.24) is 4.90 Å². The van der Waals surface area contributed by atoms with Crippen LogP contribution in [0.25, 0.3) is 0 Å². The van der Waals surface area contributed by atoms with Crippen molar-refractivity contribution in [2.75, 3.05) is 7.05 Å². The van der Waals surface area contributed by atoms with E-state index in [0.29, 0.717) is 5.56 Å². The zero-order valence-electron chi connectivity index (χ0n) is 11.0. The van der Waals surface area contributed by atoms with Crippen LogP contribution in [0.3, 0.4) is 0 Å². The zero-order chi connectivity index (χ0) is 14.1. The van der Waals surface area contributed by atoms with Crippen LogP contribution in [0.15, 0.2) is 18.2 Å². The highest BCUT2D eigenvalue weighted by atomic mass is 16.4. The second-order valence-electron chi connectivity index (χ2n) is 4.86. The topological polar surface area (TPSA) is 81.0 Å². The van der Waals surface area contributed by atoms with Gasteiger partial charge in [-0.05, 0) is 40.0 Å². The lowest BCUT2D eigenvalue weighted by Gasteiger charge is -2.36. The summed E-state index contributed by atoms with van der Waals surface area (Å²) in [6.07, 6.45) is 0. The molecule has 18 heavy (non-hydrogen) atoms. The molecular weight excluding hydrogens is 234 g/mol. The van der Waals surface area contributed by atoms with E-state index in [2.05, 4.69) is 0 Å². The van der Waals surface area contributed by atoms with Crippen LogP contribution < -0.4 is 0 Å². The van der Waals surface area contributed by atoms with E-state index in [0.717, 1.165) is 0 Å². The maximum atomic E-state index is 11.2. The number of rotatable bonds is 4. The first kappa shape index (κ1) is 14.3. The molecule has 0 fully saturated rings. The predicted octanol–water partition coefficient (Wildman–Crippen LogP) is 1.95. The van der Waals surface area contributed by atoms with Gasteiger partial charge in [-0.1, -0.05) is 6.07 Å². The highest BCUT2D eigenvalue weighted by molar-refractivity contribution is 5.77. The van der Waals surface area contributed by atoms with Gasteiger partial charge in [0.15, 0.2) is 0 Å². The number of hydrogen-bond donors (Lipinski definition) is 3. The molecule has 0 amide bonds. The van der Waals surface area contributed by atoms with Gasteiger partial charge in [-0.2, -0.15) is 0 Å². The minimum Gasteiger partial charge on any atom is -0.507 e. The Bertz CT molecular complexity index is 436. The third kappa shape index (κ3) is 2.41. The second-order valence-corrected chi connectivity index (χ2v) is 4.86. The molecule has 1 atom stereocenters. The number of aromatic hydroxyl groups is 2. The number of nitrogens with zero attached hydrogens (tertiary/aromatic N) is 1. The monoisotopic (exact) mass is 253 g/mol. The number of likely N-dealkylation sites (N-methyl/N-ethyl adjacent to an activating group) is 1. The van der Waals surface area contributed by atoms with Crippen molar-refractivity contribution in [3.63, 3.8) is 0 Å². The van der Waals surface area contributed by atoms with Gasteiger partial charge in [0.1, 0.15) is 17.0 Å². The van der Waals surface area contributed by atoms with E-state index in [1.165, 1.54) is 18.2 Å². The number of carboxylic acid groups (broad SMARTS) is 1. The highest BCUT2D eigenvalue weighted by Crippen LogP contribution is 2.37. The first-order valence-corrected chi connectivity index (χ1v) is 5.66. The van der Waals surface area contributed by atoms with Crippen molar-refractivity contribution in [2.45, 2.75) is 32.4 Å². The fourth-order valence-electron chi connectivity index (χ4n) is 1.80. The van der Waals surface area contributed by atoms with Crippen molar-refractivity contribution in [1.29, 1.82) is 0 Å². The molecule has 1 aromatic rings. The van der Waals surface area contributed by atoms with E-state index < -0.39 is 17.6 Å². The third-order valence-corrected chi connectivity index (χ3v) is 3.46. The van der Waals surface area contributed by atoms with Gasteiger partial charge in [-0.3, -0.25) is 9.69 Å². The molecule has 0 saturated carbocycles. The molecule has 0 bridgehead atoms. The van der Waals surface area contributed by atoms with Gasteiger partial charge in [0, 0.05) is 6.04 Å². The number of carbonyl (C=O) groups is 1. The Labute approximate surface area is 106 Å². The molecule has 1 unspecified atom stereocenters. The molecule has 1 aromatic carbocycles. The van der Waals surface area contributed by atoms with E-state index in [1.807, 2.05) is 0 Å². The van der Waals surface area contributed by atoms with Crippen LogP contribution in [-0.2, 0) is 4.79 Å². The molecule has 0 aromatic heterocycles. The molecule has 0 aliphatic heterocycles. The van der Waals surface area contributed by atoms with E-state index in [-0.39, 0.29) is 11.5 Å². The van der Waals surface area contributed by atoms with Gasteiger partial charge >= 0.3 is 5.97 Å². The molecule has 100 valence electrons. The number of phenols is 2. The average molecular weight is 253 g/mol. The second kappa shape index (κ2) is 4.86. The first-order chi connectivity index (χ1) is 8.19. The molecule has 3 N–H and O–H groups in total. The number of phenolic OH excluding ortho intramolecular Hbond substituents is 2. The zero-order valence-corrected chi connectivity index (χ0v) is 11.0. The van der Waals surface area contributed by atoms with Crippen LogP contribution in [0, 0.1) is 0 Å². The molecule has 1 rings (SSSR count).